The van der Waals surface area contributed by atoms with Gasteiger partial charge in [-0.25, -0.2) is 8.42 Å². The van der Waals surface area contributed by atoms with Crippen molar-refractivity contribution in [2.75, 3.05) is 24.3 Å². The van der Waals surface area contributed by atoms with Gasteiger partial charge in [-0.15, -0.1) is 0 Å². The highest BCUT2D eigenvalue weighted by Gasteiger charge is 2.35. The second kappa shape index (κ2) is 5.89. The first-order valence-corrected chi connectivity index (χ1v) is 10.0. The number of carbonyl (C=O) groups is 1. The Morgan fingerprint density at radius 3 is 2.91 bits per heavy atom. The zero-order valence-electron chi connectivity index (χ0n) is 12.1. The monoisotopic (exact) mass is 336 g/mol. The molecule has 3 rings (SSSR count). The minimum Gasteiger partial charge on any atom is -0.320 e. The Morgan fingerprint density at radius 1 is 1.32 bits per heavy atom. The van der Waals surface area contributed by atoms with Crippen molar-refractivity contribution in [3.05, 3.63) is 42.1 Å². The van der Waals surface area contributed by atoms with E-state index in [1.54, 1.807) is 36.2 Å². The largest absolute Gasteiger partial charge is 0.320 e. The summed E-state index contributed by atoms with van der Waals surface area (Å²) in [6, 6.07) is 8.96. The highest BCUT2D eigenvalue weighted by atomic mass is 32.2. The predicted molar refractivity (Wildman–Crippen MR) is 88.7 cm³/mol. The molecule has 5 nitrogen and oxygen atoms in total. The van der Waals surface area contributed by atoms with Crippen molar-refractivity contribution >= 4 is 38.4 Å². The quantitative estimate of drug-likeness (QED) is 0.836. The Labute approximate surface area is 133 Å². The number of pyridine rings is 1. The van der Waals surface area contributed by atoms with Gasteiger partial charge in [-0.1, -0.05) is 12.1 Å². The number of carbonyl (C=O) groups excluding carboxylic acids is 1. The summed E-state index contributed by atoms with van der Waals surface area (Å²) in [5.41, 5.74) is 1.24. The summed E-state index contributed by atoms with van der Waals surface area (Å²) >= 11 is 1.56. The van der Waals surface area contributed by atoms with Crippen LogP contribution in [0.2, 0.25) is 0 Å². The van der Waals surface area contributed by atoms with E-state index < -0.39 is 15.2 Å². The van der Waals surface area contributed by atoms with E-state index in [1.807, 2.05) is 12.1 Å². The lowest BCUT2D eigenvalue weighted by Gasteiger charge is -2.34. The molecule has 0 unspecified atom stereocenters. The summed E-state index contributed by atoms with van der Waals surface area (Å²) in [6.07, 6.45) is 2.86. The van der Waals surface area contributed by atoms with Gasteiger partial charge in [0.15, 0.2) is 9.84 Å². The van der Waals surface area contributed by atoms with Gasteiger partial charge in [-0.3, -0.25) is 9.78 Å². The number of thioether (sulfide) groups is 1. The van der Waals surface area contributed by atoms with E-state index in [0.29, 0.717) is 17.9 Å². The molecular formula is C15H16N2O3S2. The summed E-state index contributed by atoms with van der Waals surface area (Å²) in [4.78, 5) is 18.6. The number of aromatic nitrogens is 1. The average molecular weight is 336 g/mol. The van der Waals surface area contributed by atoms with Crippen molar-refractivity contribution in [1.29, 1.82) is 0 Å². The first-order valence-electron chi connectivity index (χ1n) is 6.90. The topological polar surface area (TPSA) is 67.3 Å². The van der Waals surface area contributed by atoms with Gasteiger partial charge in [0.25, 0.3) is 5.91 Å². The molecule has 0 aliphatic carbocycles. The molecule has 116 valence electrons. The van der Waals surface area contributed by atoms with Crippen molar-refractivity contribution in [2.45, 2.75) is 5.37 Å². The highest BCUT2D eigenvalue weighted by Crippen LogP contribution is 2.25. The molecule has 7 heteroatoms. The Morgan fingerprint density at radius 2 is 2.14 bits per heavy atom. The molecule has 1 aromatic carbocycles. The lowest BCUT2D eigenvalue weighted by Crippen LogP contribution is -2.49. The van der Waals surface area contributed by atoms with E-state index in [-0.39, 0.29) is 5.91 Å². The number of hydrogen-bond acceptors (Lipinski definition) is 5. The average Bonchev–Trinajstić information content (AvgIpc) is 2.53. The number of amides is 1. The molecule has 2 heterocycles. The second-order valence-electron chi connectivity index (χ2n) is 5.23. The van der Waals surface area contributed by atoms with Crippen LogP contribution in [0.5, 0.6) is 0 Å². The van der Waals surface area contributed by atoms with Gasteiger partial charge in [0.05, 0.1) is 5.52 Å². The summed E-state index contributed by atoms with van der Waals surface area (Å²) in [6.45, 7) is 0.442. The molecular weight excluding hydrogens is 320 g/mol. The number of fused-ring (bicyclic) bond motifs is 1. The third kappa shape index (κ3) is 2.83. The molecule has 1 saturated heterocycles. The minimum atomic E-state index is -3.31. The highest BCUT2D eigenvalue weighted by molar-refractivity contribution is 8.00. The normalized spacial score (nSPS) is 19.3. The fourth-order valence-corrected chi connectivity index (χ4v) is 5.43. The van der Waals surface area contributed by atoms with Gasteiger partial charge in [0.1, 0.15) is 5.37 Å². The van der Waals surface area contributed by atoms with Crippen molar-refractivity contribution in [2.24, 2.45) is 0 Å². The minimum absolute atomic E-state index is 0.241. The lowest BCUT2D eigenvalue weighted by atomic mass is 10.1. The van der Waals surface area contributed by atoms with Crippen LogP contribution in [-0.4, -0.2) is 53.9 Å². The fourth-order valence-electron chi connectivity index (χ4n) is 2.61. The van der Waals surface area contributed by atoms with Crippen LogP contribution < -0.4 is 0 Å². The van der Waals surface area contributed by atoms with E-state index >= 15 is 0 Å². The van der Waals surface area contributed by atoms with E-state index in [1.165, 1.54) is 11.2 Å². The zero-order chi connectivity index (χ0) is 15.7. The van der Waals surface area contributed by atoms with Crippen molar-refractivity contribution in [1.82, 2.24) is 9.88 Å². The summed E-state index contributed by atoms with van der Waals surface area (Å²) in [5.74, 6) is 0.934. The fraction of sp³-hybridized carbons (Fsp3) is 0.333. The van der Waals surface area contributed by atoms with Crippen LogP contribution >= 0.6 is 11.8 Å². The number of sulfone groups is 1. The van der Waals surface area contributed by atoms with Gasteiger partial charge < -0.3 is 4.90 Å². The third-order valence-corrected chi connectivity index (χ3v) is 6.36. The zero-order valence-corrected chi connectivity index (χ0v) is 13.7. The predicted octanol–water partition coefficient (Wildman–Crippen LogP) is 1.79. The Hall–Kier alpha value is -1.60. The number of hydrogen-bond donors (Lipinski definition) is 0. The molecule has 0 spiro atoms. The first-order chi connectivity index (χ1) is 10.5. The molecule has 1 atom stereocenters. The van der Waals surface area contributed by atoms with Gasteiger partial charge in [-0.05, 0) is 18.2 Å². The Bertz CT molecular complexity index is 815. The van der Waals surface area contributed by atoms with Crippen LogP contribution in [0.1, 0.15) is 10.4 Å². The molecule has 22 heavy (non-hydrogen) atoms. The molecule has 0 bridgehead atoms. The number of nitrogens with zero attached hydrogens (tertiary/aromatic N) is 2. The summed E-state index contributed by atoms with van der Waals surface area (Å²) < 4.78 is 24.0. The number of rotatable bonds is 2. The molecule has 2 aromatic rings. The maximum absolute atomic E-state index is 12.9. The number of benzene rings is 1. The third-order valence-electron chi connectivity index (χ3n) is 3.72. The summed E-state index contributed by atoms with van der Waals surface area (Å²) in [5, 5.41) is -0.00819. The van der Waals surface area contributed by atoms with Crippen LogP contribution in [-0.2, 0) is 9.84 Å². The SMILES string of the molecule is CS(=O)(=O)[C@@H]1CSCCN1C(=O)c1cccc2ncccc12. The molecule has 1 fully saturated rings. The molecule has 1 aliphatic heterocycles. The standard InChI is InChI=1S/C15H16N2O3S2/c1-22(19,20)14-10-21-9-8-17(14)15(18)12-4-2-6-13-11(12)5-3-7-16-13/h2-7,14H,8-10H2,1H3/t14-/m1/s1. The maximum Gasteiger partial charge on any atom is 0.255 e. The Kier molecular flexibility index (Phi) is 4.10. The first kappa shape index (κ1) is 15.3. The maximum atomic E-state index is 12.9. The van der Waals surface area contributed by atoms with Gasteiger partial charge in [0, 0.05) is 41.5 Å². The van der Waals surface area contributed by atoms with Crippen LogP contribution in [0, 0.1) is 0 Å². The van der Waals surface area contributed by atoms with Crippen LogP contribution in [0.25, 0.3) is 10.9 Å². The smallest absolute Gasteiger partial charge is 0.255 e. The molecule has 0 N–H and O–H groups in total. The van der Waals surface area contributed by atoms with Crippen molar-refractivity contribution in [3.63, 3.8) is 0 Å². The second-order valence-corrected chi connectivity index (χ2v) is 8.59. The van der Waals surface area contributed by atoms with Crippen LogP contribution in [0.15, 0.2) is 36.5 Å². The van der Waals surface area contributed by atoms with Crippen LogP contribution in [0.3, 0.4) is 0 Å². The molecule has 0 saturated carbocycles. The lowest BCUT2D eigenvalue weighted by molar-refractivity contribution is 0.0751. The van der Waals surface area contributed by atoms with Gasteiger partial charge >= 0.3 is 0 Å². The van der Waals surface area contributed by atoms with E-state index in [9.17, 15) is 13.2 Å². The molecule has 1 aromatic heterocycles. The van der Waals surface area contributed by atoms with E-state index in [2.05, 4.69) is 4.98 Å². The van der Waals surface area contributed by atoms with Gasteiger partial charge in [0.2, 0.25) is 0 Å². The molecule has 1 aliphatic rings. The Balaban J connectivity index is 2.05. The van der Waals surface area contributed by atoms with Gasteiger partial charge in [-0.2, -0.15) is 11.8 Å². The molecule has 0 radical (unpaired) electrons. The van der Waals surface area contributed by atoms with Crippen molar-refractivity contribution in [3.8, 4) is 0 Å². The van der Waals surface area contributed by atoms with Crippen molar-refractivity contribution < 1.29 is 13.2 Å². The molecule has 1 amide bonds. The van der Waals surface area contributed by atoms with E-state index in [4.69, 9.17) is 0 Å². The summed E-state index contributed by atoms with van der Waals surface area (Å²) in [7, 11) is -3.31. The van der Waals surface area contributed by atoms with Crippen LogP contribution in [0.4, 0.5) is 0 Å². The van der Waals surface area contributed by atoms with E-state index in [0.717, 1.165) is 16.7 Å².